The molecule has 0 bridgehead atoms. The number of hydrogen-bond donors (Lipinski definition) is 0. The number of para-hydroxylation sites is 2. The molecular weight excluding hydrogens is 294 g/mol. The van der Waals surface area contributed by atoms with E-state index >= 15 is 0 Å². The SMILES string of the molecule is Cc1cccc2c1oc1c(-c3nccc4ccccc34)cccc12. The van der Waals surface area contributed by atoms with E-state index < -0.39 is 0 Å². The second kappa shape index (κ2) is 4.93. The summed E-state index contributed by atoms with van der Waals surface area (Å²) in [5, 5.41) is 4.63. The smallest absolute Gasteiger partial charge is 0.144 e. The lowest BCUT2D eigenvalue weighted by atomic mass is 10.0. The first kappa shape index (κ1) is 13.3. The van der Waals surface area contributed by atoms with E-state index in [-0.39, 0.29) is 0 Å². The van der Waals surface area contributed by atoms with Gasteiger partial charge < -0.3 is 4.42 Å². The normalized spacial score (nSPS) is 11.5. The van der Waals surface area contributed by atoms with E-state index in [9.17, 15) is 0 Å². The fourth-order valence-electron chi connectivity index (χ4n) is 3.48. The number of benzene rings is 3. The van der Waals surface area contributed by atoms with Crippen molar-refractivity contribution in [3.63, 3.8) is 0 Å². The van der Waals surface area contributed by atoms with Crippen molar-refractivity contribution in [2.75, 3.05) is 0 Å². The van der Waals surface area contributed by atoms with Crippen LogP contribution in [0.4, 0.5) is 0 Å². The minimum Gasteiger partial charge on any atom is -0.455 e. The lowest BCUT2D eigenvalue weighted by Gasteiger charge is -2.06. The summed E-state index contributed by atoms with van der Waals surface area (Å²) in [4.78, 5) is 4.66. The van der Waals surface area contributed by atoms with Crippen LogP contribution in [0.1, 0.15) is 5.56 Å². The Morgan fingerprint density at radius 2 is 1.46 bits per heavy atom. The Hall–Kier alpha value is -3.13. The molecule has 0 spiro atoms. The van der Waals surface area contributed by atoms with Gasteiger partial charge in [-0.15, -0.1) is 0 Å². The number of fused-ring (bicyclic) bond motifs is 4. The van der Waals surface area contributed by atoms with Crippen LogP contribution in [0.15, 0.2) is 77.3 Å². The largest absolute Gasteiger partial charge is 0.455 e. The van der Waals surface area contributed by atoms with Crippen molar-refractivity contribution < 1.29 is 4.42 Å². The maximum Gasteiger partial charge on any atom is 0.144 e. The van der Waals surface area contributed by atoms with Gasteiger partial charge in [0.15, 0.2) is 0 Å². The van der Waals surface area contributed by atoms with Gasteiger partial charge in [0, 0.05) is 27.9 Å². The summed E-state index contributed by atoms with van der Waals surface area (Å²) in [6.45, 7) is 2.08. The zero-order valence-electron chi connectivity index (χ0n) is 13.3. The number of furan rings is 1. The number of hydrogen-bond acceptors (Lipinski definition) is 2. The summed E-state index contributed by atoms with van der Waals surface area (Å²) in [6, 6.07) is 23.0. The molecule has 0 atom stereocenters. The molecule has 0 aliphatic carbocycles. The average Bonchev–Trinajstić information content (AvgIpc) is 3.02. The van der Waals surface area contributed by atoms with Gasteiger partial charge in [0.2, 0.25) is 0 Å². The van der Waals surface area contributed by atoms with E-state index in [1.54, 1.807) is 0 Å². The zero-order valence-corrected chi connectivity index (χ0v) is 13.3. The fourth-order valence-corrected chi connectivity index (χ4v) is 3.48. The van der Waals surface area contributed by atoms with Crippen molar-refractivity contribution in [3.8, 4) is 11.3 Å². The van der Waals surface area contributed by atoms with Crippen LogP contribution in [-0.2, 0) is 0 Å². The molecule has 0 unspecified atom stereocenters. The quantitative estimate of drug-likeness (QED) is 0.373. The van der Waals surface area contributed by atoms with Crippen molar-refractivity contribution in [2.45, 2.75) is 6.92 Å². The highest BCUT2D eigenvalue weighted by Gasteiger charge is 2.15. The molecule has 2 heteroatoms. The molecule has 2 heterocycles. The summed E-state index contributed by atoms with van der Waals surface area (Å²) in [5.41, 5.74) is 5.03. The van der Waals surface area contributed by atoms with Gasteiger partial charge >= 0.3 is 0 Å². The summed E-state index contributed by atoms with van der Waals surface area (Å²) in [5.74, 6) is 0. The highest BCUT2D eigenvalue weighted by Crippen LogP contribution is 2.38. The molecule has 0 aliphatic rings. The molecule has 0 fully saturated rings. The van der Waals surface area contributed by atoms with Crippen LogP contribution in [0, 0.1) is 6.92 Å². The van der Waals surface area contributed by atoms with Crippen LogP contribution in [0.5, 0.6) is 0 Å². The molecule has 2 aromatic heterocycles. The van der Waals surface area contributed by atoms with E-state index in [2.05, 4.69) is 72.6 Å². The highest BCUT2D eigenvalue weighted by molar-refractivity contribution is 6.12. The minimum absolute atomic E-state index is 0.908. The van der Waals surface area contributed by atoms with Gasteiger partial charge in [-0.1, -0.05) is 54.6 Å². The molecule has 0 N–H and O–H groups in total. The highest BCUT2D eigenvalue weighted by atomic mass is 16.3. The molecule has 0 saturated heterocycles. The third-order valence-electron chi connectivity index (χ3n) is 4.65. The van der Waals surface area contributed by atoms with E-state index in [0.717, 1.165) is 44.1 Å². The number of nitrogens with zero attached hydrogens (tertiary/aromatic N) is 1. The Kier molecular flexibility index (Phi) is 2.74. The second-order valence-corrected chi connectivity index (χ2v) is 6.12. The molecule has 3 aromatic carbocycles. The van der Waals surface area contributed by atoms with Crippen molar-refractivity contribution in [3.05, 3.63) is 78.5 Å². The van der Waals surface area contributed by atoms with Gasteiger partial charge in [-0.2, -0.15) is 0 Å². The van der Waals surface area contributed by atoms with Crippen molar-refractivity contribution in [1.82, 2.24) is 4.98 Å². The van der Waals surface area contributed by atoms with E-state index in [1.807, 2.05) is 12.3 Å². The fraction of sp³-hybridized carbons (Fsp3) is 0.0455. The van der Waals surface area contributed by atoms with E-state index in [4.69, 9.17) is 4.42 Å². The first-order valence-electron chi connectivity index (χ1n) is 8.08. The summed E-state index contributed by atoms with van der Waals surface area (Å²) < 4.78 is 6.28. The van der Waals surface area contributed by atoms with Gasteiger partial charge in [0.05, 0.1) is 5.69 Å². The minimum atomic E-state index is 0.908. The van der Waals surface area contributed by atoms with Gasteiger partial charge in [-0.3, -0.25) is 4.98 Å². The standard InChI is InChI=1S/C22H15NO/c1-14-6-4-9-17-18-10-5-11-19(22(18)24-21(14)17)20-16-8-3-2-7-15(16)12-13-23-20/h2-13H,1H3. The second-order valence-electron chi connectivity index (χ2n) is 6.12. The molecule has 0 radical (unpaired) electrons. The molecule has 114 valence electrons. The zero-order chi connectivity index (χ0) is 16.1. The number of rotatable bonds is 1. The van der Waals surface area contributed by atoms with E-state index in [0.29, 0.717) is 0 Å². The lowest BCUT2D eigenvalue weighted by Crippen LogP contribution is -1.86. The van der Waals surface area contributed by atoms with Crippen LogP contribution in [0.2, 0.25) is 0 Å². The molecule has 24 heavy (non-hydrogen) atoms. The molecule has 0 saturated carbocycles. The average molecular weight is 309 g/mol. The Labute approximate surface area is 139 Å². The Balaban J connectivity index is 1.93. The third-order valence-corrected chi connectivity index (χ3v) is 4.65. The number of aryl methyl sites for hydroxylation is 1. The summed E-state index contributed by atoms with van der Waals surface area (Å²) in [6.07, 6.45) is 1.87. The first-order valence-corrected chi connectivity index (χ1v) is 8.08. The topological polar surface area (TPSA) is 26.0 Å². The van der Waals surface area contributed by atoms with Crippen LogP contribution in [0.25, 0.3) is 44.0 Å². The monoisotopic (exact) mass is 309 g/mol. The Morgan fingerprint density at radius 3 is 2.38 bits per heavy atom. The Bertz CT molecular complexity index is 1210. The predicted molar refractivity (Wildman–Crippen MR) is 99.2 cm³/mol. The predicted octanol–water partition coefficient (Wildman–Crippen LogP) is 6.11. The van der Waals surface area contributed by atoms with Crippen LogP contribution >= 0.6 is 0 Å². The molecule has 5 rings (SSSR count). The van der Waals surface area contributed by atoms with Crippen molar-refractivity contribution >= 4 is 32.7 Å². The molecule has 5 aromatic rings. The van der Waals surface area contributed by atoms with Crippen molar-refractivity contribution in [2.24, 2.45) is 0 Å². The van der Waals surface area contributed by atoms with Gasteiger partial charge in [-0.25, -0.2) is 0 Å². The maximum absolute atomic E-state index is 6.28. The Morgan fingerprint density at radius 1 is 0.708 bits per heavy atom. The molecule has 0 amide bonds. The lowest BCUT2D eigenvalue weighted by molar-refractivity contribution is 0.666. The maximum atomic E-state index is 6.28. The molecule has 0 aliphatic heterocycles. The van der Waals surface area contributed by atoms with Gasteiger partial charge in [-0.05, 0) is 30.0 Å². The van der Waals surface area contributed by atoms with Crippen LogP contribution in [0.3, 0.4) is 0 Å². The van der Waals surface area contributed by atoms with E-state index in [1.165, 1.54) is 5.39 Å². The van der Waals surface area contributed by atoms with Gasteiger partial charge in [0.1, 0.15) is 11.2 Å². The van der Waals surface area contributed by atoms with Crippen LogP contribution in [-0.4, -0.2) is 4.98 Å². The summed E-state index contributed by atoms with van der Waals surface area (Å²) >= 11 is 0. The first-order chi connectivity index (χ1) is 11.8. The number of pyridine rings is 1. The van der Waals surface area contributed by atoms with Crippen molar-refractivity contribution in [1.29, 1.82) is 0 Å². The van der Waals surface area contributed by atoms with Crippen LogP contribution < -0.4 is 0 Å². The number of aromatic nitrogens is 1. The third kappa shape index (κ3) is 1.80. The molecular formula is C22H15NO. The summed E-state index contributed by atoms with van der Waals surface area (Å²) in [7, 11) is 0. The molecule has 2 nitrogen and oxygen atoms in total. The van der Waals surface area contributed by atoms with Gasteiger partial charge in [0.25, 0.3) is 0 Å².